The van der Waals surface area contributed by atoms with E-state index < -0.39 is 11.6 Å². The molecular weight excluding hydrogens is 393 g/mol. The van der Waals surface area contributed by atoms with Crippen molar-refractivity contribution in [1.29, 1.82) is 0 Å². The van der Waals surface area contributed by atoms with Gasteiger partial charge in [-0.25, -0.2) is 13.2 Å². The Kier molecular flexibility index (Phi) is 6.99. The van der Waals surface area contributed by atoms with E-state index >= 15 is 4.39 Å². The molecule has 3 aromatic rings. The smallest absolute Gasteiger partial charge is 0.159 e. The van der Waals surface area contributed by atoms with Gasteiger partial charge in [-0.1, -0.05) is 62.6 Å². The van der Waals surface area contributed by atoms with Crippen molar-refractivity contribution in [3.05, 3.63) is 82.7 Å². The largest absolute Gasteiger partial charge is 0.206 e. The first-order chi connectivity index (χ1) is 15.0. The molecule has 1 aliphatic rings. The number of unbranched alkanes of at least 4 members (excludes halogenated alkanes) is 1. The van der Waals surface area contributed by atoms with E-state index in [9.17, 15) is 8.78 Å². The maximum absolute atomic E-state index is 15.1. The van der Waals surface area contributed by atoms with Crippen LogP contribution < -0.4 is 0 Å². The molecule has 1 fully saturated rings. The zero-order valence-electron chi connectivity index (χ0n) is 18.3. The molecule has 0 aliphatic heterocycles. The molecule has 0 unspecified atom stereocenters. The van der Waals surface area contributed by atoms with Gasteiger partial charge >= 0.3 is 0 Å². The highest BCUT2D eigenvalue weighted by Gasteiger charge is 2.22. The highest BCUT2D eigenvalue weighted by atomic mass is 19.2. The fourth-order valence-electron chi connectivity index (χ4n) is 5.05. The molecule has 0 heterocycles. The second-order valence-electron chi connectivity index (χ2n) is 9.13. The predicted octanol–water partition coefficient (Wildman–Crippen LogP) is 8.51. The molecule has 0 bridgehead atoms. The molecule has 0 aromatic heterocycles. The second-order valence-corrected chi connectivity index (χ2v) is 9.13. The fraction of sp³-hybridized carbons (Fsp3) is 0.429. The van der Waals surface area contributed by atoms with Crippen LogP contribution in [0.3, 0.4) is 0 Å². The highest BCUT2D eigenvalue weighted by molar-refractivity contribution is 5.84. The van der Waals surface area contributed by atoms with Crippen molar-refractivity contribution in [2.24, 2.45) is 5.92 Å². The van der Waals surface area contributed by atoms with Gasteiger partial charge in [-0.3, -0.25) is 0 Å². The van der Waals surface area contributed by atoms with Crippen LogP contribution in [0.25, 0.3) is 10.8 Å². The van der Waals surface area contributed by atoms with Crippen LogP contribution in [-0.4, -0.2) is 0 Å². The molecule has 1 saturated carbocycles. The number of benzene rings is 3. The highest BCUT2D eigenvalue weighted by Crippen LogP contribution is 2.38. The number of fused-ring (bicyclic) bond motifs is 1. The van der Waals surface area contributed by atoms with Crippen LogP contribution in [-0.2, 0) is 12.8 Å². The molecule has 0 saturated heterocycles. The van der Waals surface area contributed by atoms with Gasteiger partial charge in [0.05, 0.1) is 0 Å². The van der Waals surface area contributed by atoms with Gasteiger partial charge in [0.1, 0.15) is 5.82 Å². The van der Waals surface area contributed by atoms with Crippen molar-refractivity contribution in [3.63, 3.8) is 0 Å². The minimum absolute atomic E-state index is 0.199. The van der Waals surface area contributed by atoms with Gasteiger partial charge in [0, 0.05) is 5.39 Å². The Hall–Kier alpha value is -2.29. The SMILES string of the molecule is CCCCC1CCC(c2ccc3c(F)c(CCc4ccc(F)c(F)c4)ccc3c2)CC1. The topological polar surface area (TPSA) is 0 Å². The van der Waals surface area contributed by atoms with Gasteiger partial charge in [-0.2, -0.15) is 0 Å². The average molecular weight is 425 g/mol. The van der Waals surface area contributed by atoms with Gasteiger partial charge in [0.25, 0.3) is 0 Å². The number of rotatable bonds is 7. The lowest BCUT2D eigenvalue weighted by atomic mass is 9.77. The molecule has 3 heteroatoms. The van der Waals surface area contributed by atoms with Crippen LogP contribution >= 0.6 is 0 Å². The lowest BCUT2D eigenvalue weighted by molar-refractivity contribution is 0.304. The first-order valence-corrected chi connectivity index (χ1v) is 11.7. The third-order valence-electron chi connectivity index (χ3n) is 7.01. The minimum Gasteiger partial charge on any atom is -0.206 e. The zero-order valence-corrected chi connectivity index (χ0v) is 18.3. The molecule has 0 N–H and O–H groups in total. The Bertz CT molecular complexity index is 1030. The molecule has 0 spiro atoms. The van der Waals surface area contributed by atoms with E-state index in [2.05, 4.69) is 19.1 Å². The summed E-state index contributed by atoms with van der Waals surface area (Å²) in [4.78, 5) is 0. The standard InChI is InChI=1S/C28H31F3/c1-2-3-4-19-5-9-21(10-6-19)23-14-15-25-24(18-23)13-12-22(28(25)31)11-7-20-8-16-26(29)27(30)17-20/h8,12-19,21H,2-7,9-11H2,1H3. The number of aryl methyl sites for hydroxylation is 2. The van der Waals surface area contributed by atoms with Crippen molar-refractivity contribution in [2.75, 3.05) is 0 Å². The van der Waals surface area contributed by atoms with Crippen LogP contribution in [0.15, 0.2) is 48.5 Å². The number of hydrogen-bond acceptors (Lipinski definition) is 0. The Morgan fingerprint density at radius 2 is 1.61 bits per heavy atom. The number of halogens is 3. The lowest BCUT2D eigenvalue weighted by Crippen LogP contribution is -2.13. The molecule has 164 valence electrons. The van der Waals surface area contributed by atoms with Crippen molar-refractivity contribution < 1.29 is 13.2 Å². The summed E-state index contributed by atoms with van der Waals surface area (Å²) in [7, 11) is 0. The Morgan fingerprint density at radius 1 is 0.806 bits per heavy atom. The van der Waals surface area contributed by atoms with E-state index in [-0.39, 0.29) is 5.82 Å². The predicted molar refractivity (Wildman–Crippen MR) is 122 cm³/mol. The monoisotopic (exact) mass is 424 g/mol. The van der Waals surface area contributed by atoms with E-state index in [4.69, 9.17) is 0 Å². The number of hydrogen-bond donors (Lipinski definition) is 0. The first-order valence-electron chi connectivity index (χ1n) is 11.7. The molecule has 3 aromatic carbocycles. The molecule has 4 rings (SSSR count). The van der Waals surface area contributed by atoms with E-state index in [0.29, 0.717) is 35.3 Å². The average Bonchev–Trinajstić information content (AvgIpc) is 2.79. The van der Waals surface area contributed by atoms with Gasteiger partial charge in [0.15, 0.2) is 11.6 Å². The summed E-state index contributed by atoms with van der Waals surface area (Å²) in [6.07, 6.45) is 9.97. The van der Waals surface area contributed by atoms with E-state index in [1.807, 2.05) is 18.2 Å². The van der Waals surface area contributed by atoms with E-state index in [0.717, 1.165) is 17.4 Å². The second kappa shape index (κ2) is 9.89. The van der Waals surface area contributed by atoms with Gasteiger partial charge in [-0.15, -0.1) is 0 Å². The maximum atomic E-state index is 15.1. The Balaban J connectivity index is 1.45. The molecular formula is C28H31F3. The zero-order chi connectivity index (χ0) is 21.8. The quantitative estimate of drug-likeness (QED) is 0.357. The summed E-state index contributed by atoms with van der Waals surface area (Å²) in [5.74, 6) is -0.450. The molecule has 0 atom stereocenters. The normalized spacial score (nSPS) is 19.1. The Labute approximate surface area is 183 Å². The van der Waals surface area contributed by atoms with Crippen molar-refractivity contribution in [1.82, 2.24) is 0 Å². The summed E-state index contributed by atoms with van der Waals surface area (Å²) < 4.78 is 41.6. The van der Waals surface area contributed by atoms with Crippen LogP contribution in [0.2, 0.25) is 0 Å². The summed E-state index contributed by atoms with van der Waals surface area (Å²) >= 11 is 0. The third-order valence-corrected chi connectivity index (χ3v) is 7.01. The van der Waals surface area contributed by atoms with E-state index in [1.54, 1.807) is 6.07 Å². The van der Waals surface area contributed by atoms with Crippen molar-refractivity contribution in [3.8, 4) is 0 Å². The summed E-state index contributed by atoms with van der Waals surface area (Å²) in [5, 5.41) is 1.59. The van der Waals surface area contributed by atoms with Crippen LogP contribution in [0.1, 0.15) is 74.5 Å². The van der Waals surface area contributed by atoms with Crippen LogP contribution in [0.5, 0.6) is 0 Å². The molecule has 0 radical (unpaired) electrons. The fourth-order valence-corrected chi connectivity index (χ4v) is 5.05. The summed E-state index contributed by atoms with van der Waals surface area (Å²) in [6.45, 7) is 2.26. The van der Waals surface area contributed by atoms with Crippen LogP contribution in [0, 0.1) is 23.4 Å². The van der Waals surface area contributed by atoms with Gasteiger partial charge in [0.2, 0.25) is 0 Å². The third kappa shape index (κ3) is 5.14. The van der Waals surface area contributed by atoms with Crippen LogP contribution in [0.4, 0.5) is 13.2 Å². The van der Waals surface area contributed by atoms with E-state index in [1.165, 1.54) is 56.6 Å². The molecule has 31 heavy (non-hydrogen) atoms. The molecule has 0 amide bonds. The van der Waals surface area contributed by atoms with Gasteiger partial charge in [-0.05, 0) is 84.6 Å². The summed E-state index contributed by atoms with van der Waals surface area (Å²) in [5.41, 5.74) is 2.61. The first kappa shape index (κ1) is 21.9. The molecule has 1 aliphatic carbocycles. The lowest BCUT2D eigenvalue weighted by Gasteiger charge is -2.29. The maximum Gasteiger partial charge on any atom is 0.159 e. The van der Waals surface area contributed by atoms with Crippen molar-refractivity contribution >= 4 is 10.8 Å². The van der Waals surface area contributed by atoms with Gasteiger partial charge < -0.3 is 0 Å². The Morgan fingerprint density at radius 3 is 2.35 bits per heavy atom. The molecule has 0 nitrogen and oxygen atoms in total. The summed E-state index contributed by atoms with van der Waals surface area (Å²) in [6, 6.07) is 13.9. The minimum atomic E-state index is -0.858. The van der Waals surface area contributed by atoms with Crippen molar-refractivity contribution in [2.45, 2.75) is 70.6 Å².